The molecule has 0 unspecified atom stereocenters. The van der Waals surface area contributed by atoms with Crippen molar-refractivity contribution in [2.75, 3.05) is 19.6 Å². The topological polar surface area (TPSA) is 148 Å². The first kappa shape index (κ1) is 41.8. The number of nitrogens with two attached hydrogens (primary N) is 1. The molecule has 3 amide bonds. The van der Waals surface area contributed by atoms with E-state index in [1.165, 1.54) is 18.2 Å². The molecule has 1 aliphatic heterocycles. The number of amides is 3. The lowest BCUT2D eigenvalue weighted by molar-refractivity contribution is 0.0648. The van der Waals surface area contributed by atoms with Gasteiger partial charge < -0.3 is 20.1 Å². The number of hydrogen-bond acceptors (Lipinski definition) is 7. The van der Waals surface area contributed by atoms with Crippen LogP contribution >= 0.6 is 0 Å². The summed E-state index contributed by atoms with van der Waals surface area (Å²) in [6.07, 6.45) is 5.86. The predicted octanol–water partition coefficient (Wildman–Crippen LogP) is 7.26. The van der Waals surface area contributed by atoms with Crippen molar-refractivity contribution in [3.63, 3.8) is 0 Å². The average Bonchev–Trinajstić information content (AvgIpc) is 3.61. The van der Waals surface area contributed by atoms with Crippen molar-refractivity contribution in [2.45, 2.75) is 84.2 Å². The Morgan fingerprint density at radius 2 is 1.61 bits per heavy atom. The first-order chi connectivity index (χ1) is 26.9. The van der Waals surface area contributed by atoms with Crippen molar-refractivity contribution >= 4 is 38.5 Å². The molecule has 0 bridgehead atoms. The van der Waals surface area contributed by atoms with Crippen molar-refractivity contribution in [1.29, 1.82) is 0 Å². The minimum Gasteiger partial charge on any atom is -0.337 e. The van der Waals surface area contributed by atoms with Crippen LogP contribution in [0.2, 0.25) is 0 Å². The second-order valence-electron chi connectivity index (χ2n) is 14.0. The highest BCUT2D eigenvalue weighted by Gasteiger charge is 2.33. The van der Waals surface area contributed by atoms with Crippen molar-refractivity contribution in [1.82, 2.24) is 24.1 Å². The Hall–Kier alpha value is -5.33. The van der Waals surface area contributed by atoms with Gasteiger partial charge in [0.1, 0.15) is 11.5 Å². The highest BCUT2D eigenvalue weighted by atomic mass is 32.2. The number of rotatable bonds is 13. The van der Waals surface area contributed by atoms with Crippen LogP contribution < -0.4 is 10.5 Å². The molecule has 0 radical (unpaired) electrons. The summed E-state index contributed by atoms with van der Waals surface area (Å²) in [4.78, 5) is 50.5. The number of aromatic nitrogens is 2. The molecular weight excluding hydrogens is 725 g/mol. The molecule has 0 saturated heterocycles. The highest BCUT2D eigenvalue weighted by Crippen LogP contribution is 2.31. The number of carbonyl (C=O) groups excluding carboxylic acids is 3. The van der Waals surface area contributed by atoms with E-state index in [0.29, 0.717) is 37.4 Å². The molecule has 4 aromatic carbocycles. The lowest BCUT2D eigenvalue weighted by Crippen LogP contribution is -2.48. The quantitative estimate of drug-likeness (QED) is 0.128. The molecule has 6 rings (SSSR count). The van der Waals surface area contributed by atoms with Gasteiger partial charge in [-0.1, -0.05) is 89.1 Å². The first-order valence-electron chi connectivity index (χ1n) is 19.6. The van der Waals surface area contributed by atoms with Crippen LogP contribution in [-0.4, -0.2) is 71.2 Å². The number of nitrogens with one attached hydrogen (secondary N) is 1. The van der Waals surface area contributed by atoms with Gasteiger partial charge >= 0.3 is 0 Å². The lowest BCUT2D eigenvalue weighted by Gasteiger charge is -2.36. The van der Waals surface area contributed by atoms with E-state index in [4.69, 9.17) is 10.7 Å². The predicted molar refractivity (Wildman–Crippen MR) is 222 cm³/mol. The molecule has 2 heterocycles. The minimum absolute atomic E-state index is 0.0276. The van der Waals surface area contributed by atoms with Gasteiger partial charge in [0.2, 0.25) is 0 Å². The third-order valence-electron chi connectivity index (χ3n) is 10.2. The molecule has 0 fully saturated rings. The second kappa shape index (κ2) is 18.5. The van der Waals surface area contributed by atoms with Crippen LogP contribution in [0.15, 0.2) is 90.0 Å². The van der Waals surface area contributed by atoms with E-state index in [2.05, 4.69) is 18.6 Å². The van der Waals surface area contributed by atoms with Crippen LogP contribution in [0, 0.1) is 6.92 Å². The summed E-state index contributed by atoms with van der Waals surface area (Å²) in [5, 5.41) is 1.64. The van der Waals surface area contributed by atoms with Crippen molar-refractivity contribution in [2.24, 2.45) is 12.8 Å². The van der Waals surface area contributed by atoms with Gasteiger partial charge in [-0.05, 0) is 84.0 Å². The summed E-state index contributed by atoms with van der Waals surface area (Å²) in [7, 11) is -2.52. The lowest BCUT2D eigenvalue weighted by atomic mass is 9.92. The molecule has 296 valence electrons. The van der Waals surface area contributed by atoms with Gasteiger partial charge in [0.15, 0.2) is 0 Å². The Morgan fingerprint density at radius 1 is 0.911 bits per heavy atom. The molecule has 5 aromatic rings. The Morgan fingerprint density at radius 3 is 2.29 bits per heavy atom. The number of imidazole rings is 1. The minimum atomic E-state index is -4.28. The number of aryl methyl sites for hydroxylation is 2. The van der Waals surface area contributed by atoms with E-state index in [0.717, 1.165) is 53.1 Å². The standard InChI is InChI=1S/C42H48N6O5S.C2H6/c1-5-7-20-47(21-8-6-2)42(51)38-27-46(4)39(44-38)35-19-17-31(23-37(35)41(50)48-26-32-14-10-9-13-30(32)22-33(48)25-43)40(49)45-54(52,53)34-18-16-29-15-11-12-28(3)36(29)24-34;1-2/h9-19,23-24,27,33H,5-8,20-22,25-26,43H2,1-4H3,(H,45,49);1-2H3/t33-;/m0./s1. The number of unbranched alkanes of at least 4 members (excludes halogenated alkanes) is 2. The summed E-state index contributed by atoms with van der Waals surface area (Å²) in [5.41, 5.74) is 10.0. The zero-order valence-electron chi connectivity index (χ0n) is 33.3. The van der Waals surface area contributed by atoms with Crippen LogP contribution in [0.1, 0.15) is 101 Å². The van der Waals surface area contributed by atoms with Crippen LogP contribution in [0.4, 0.5) is 0 Å². The third kappa shape index (κ3) is 9.03. The maximum absolute atomic E-state index is 14.7. The van der Waals surface area contributed by atoms with Gasteiger partial charge in [-0.25, -0.2) is 18.1 Å². The van der Waals surface area contributed by atoms with Gasteiger partial charge in [0.25, 0.3) is 27.7 Å². The maximum atomic E-state index is 14.7. The van der Waals surface area contributed by atoms with Gasteiger partial charge in [0, 0.05) is 56.6 Å². The Kier molecular flexibility index (Phi) is 13.8. The number of sulfonamides is 1. The fourth-order valence-electron chi connectivity index (χ4n) is 7.06. The van der Waals surface area contributed by atoms with Gasteiger partial charge in [-0.15, -0.1) is 0 Å². The molecule has 56 heavy (non-hydrogen) atoms. The normalized spacial score (nSPS) is 13.8. The average molecular weight is 779 g/mol. The van der Waals surface area contributed by atoms with E-state index in [1.807, 2.05) is 68.1 Å². The summed E-state index contributed by atoms with van der Waals surface area (Å²) in [6.45, 7) is 11.8. The molecule has 0 saturated carbocycles. The molecular formula is C44H54N6O5S. The van der Waals surface area contributed by atoms with Gasteiger partial charge in [-0.2, -0.15) is 0 Å². The molecule has 0 spiro atoms. The highest BCUT2D eigenvalue weighted by molar-refractivity contribution is 7.90. The molecule has 12 heteroatoms. The molecule has 11 nitrogen and oxygen atoms in total. The van der Waals surface area contributed by atoms with E-state index in [1.54, 1.807) is 40.9 Å². The summed E-state index contributed by atoms with van der Waals surface area (Å²) >= 11 is 0. The largest absolute Gasteiger partial charge is 0.337 e. The van der Waals surface area contributed by atoms with E-state index >= 15 is 0 Å². The Labute approximate surface area is 331 Å². The third-order valence-corrected chi connectivity index (χ3v) is 11.5. The zero-order chi connectivity index (χ0) is 40.6. The monoisotopic (exact) mass is 778 g/mol. The van der Waals surface area contributed by atoms with Crippen LogP contribution in [0.5, 0.6) is 0 Å². The second-order valence-corrected chi connectivity index (χ2v) is 15.7. The number of benzene rings is 4. The molecule has 1 aliphatic rings. The van der Waals surface area contributed by atoms with E-state index in [-0.39, 0.29) is 46.1 Å². The Balaban J connectivity index is 0.00000295. The SMILES string of the molecule is CC.CCCCN(CCCC)C(=O)c1cn(C)c(-c2ccc(C(=O)NS(=O)(=O)c3ccc4cccc(C)c4c3)cc2C(=O)N2Cc3ccccc3C[C@H]2CN)n1. The smallest absolute Gasteiger partial charge is 0.274 e. The van der Waals surface area contributed by atoms with E-state index < -0.39 is 15.9 Å². The number of hydrogen-bond donors (Lipinski definition) is 2. The summed E-state index contributed by atoms with van der Waals surface area (Å²) < 4.78 is 31.0. The maximum Gasteiger partial charge on any atom is 0.274 e. The molecule has 1 atom stereocenters. The fourth-order valence-corrected chi connectivity index (χ4v) is 8.06. The van der Waals surface area contributed by atoms with Crippen LogP contribution in [0.25, 0.3) is 22.2 Å². The van der Waals surface area contributed by atoms with Crippen LogP contribution in [-0.2, 0) is 30.0 Å². The molecule has 1 aromatic heterocycles. The first-order valence-corrected chi connectivity index (χ1v) is 21.0. The fraction of sp³-hybridized carbons (Fsp3) is 0.364. The van der Waals surface area contributed by atoms with Gasteiger partial charge in [-0.3, -0.25) is 14.4 Å². The Bertz CT molecular complexity index is 2310. The number of fused-ring (bicyclic) bond motifs is 2. The summed E-state index contributed by atoms with van der Waals surface area (Å²) in [5.74, 6) is -1.10. The van der Waals surface area contributed by atoms with Gasteiger partial charge in [0.05, 0.1) is 10.5 Å². The van der Waals surface area contributed by atoms with Crippen LogP contribution in [0.3, 0.4) is 0 Å². The number of carbonyl (C=O) groups is 3. The molecule has 0 aliphatic carbocycles. The summed E-state index contributed by atoms with van der Waals surface area (Å²) in [6, 6.07) is 22.4. The van der Waals surface area contributed by atoms with E-state index in [9.17, 15) is 22.8 Å². The zero-order valence-corrected chi connectivity index (χ0v) is 34.2. The van der Waals surface area contributed by atoms with Crippen molar-refractivity contribution in [3.8, 4) is 11.4 Å². The molecule has 3 N–H and O–H groups in total. The van der Waals surface area contributed by atoms with Crippen molar-refractivity contribution in [3.05, 3.63) is 119 Å². The number of nitrogens with zero attached hydrogens (tertiary/aromatic N) is 4. The van der Waals surface area contributed by atoms with Crippen molar-refractivity contribution < 1.29 is 22.8 Å².